The molecule has 1 N–H and O–H groups in total. The van der Waals surface area contributed by atoms with E-state index in [4.69, 9.17) is 5.21 Å². The fourth-order valence-electron chi connectivity index (χ4n) is 1.24. The van der Waals surface area contributed by atoms with Crippen molar-refractivity contribution in [2.75, 3.05) is 18.6 Å². The van der Waals surface area contributed by atoms with Gasteiger partial charge in [-0.25, -0.2) is 13.5 Å². The molecule has 12 heavy (non-hydrogen) atoms. The van der Waals surface area contributed by atoms with Crippen LogP contribution in [0.15, 0.2) is 0 Å². The molecule has 5 nitrogen and oxygen atoms in total. The number of hydrogen-bond donors (Lipinski definition) is 1. The molecular formula is C6H11NO4S. The van der Waals surface area contributed by atoms with Crippen molar-refractivity contribution in [2.24, 2.45) is 5.92 Å². The summed E-state index contributed by atoms with van der Waals surface area (Å²) < 4.78 is 21.6. The molecule has 0 aliphatic carbocycles. The predicted molar refractivity (Wildman–Crippen MR) is 41.3 cm³/mol. The highest BCUT2D eigenvalue weighted by atomic mass is 32.2. The Bertz CT molecular complexity index is 284. The molecule has 1 heterocycles. The molecule has 1 aliphatic heterocycles. The molecule has 1 rings (SSSR count). The molecule has 0 radical (unpaired) electrons. The van der Waals surface area contributed by atoms with Gasteiger partial charge in [-0.1, -0.05) is 0 Å². The van der Waals surface area contributed by atoms with E-state index in [-0.39, 0.29) is 12.3 Å². The van der Waals surface area contributed by atoms with Gasteiger partial charge in [-0.05, 0) is 6.42 Å². The number of carbonyl (C=O) groups is 1. The maximum Gasteiger partial charge on any atom is 0.250 e. The molecule has 0 aromatic rings. The monoisotopic (exact) mass is 193 g/mol. The lowest BCUT2D eigenvalue weighted by molar-refractivity contribution is -0.159. The zero-order valence-electron chi connectivity index (χ0n) is 6.73. The lowest BCUT2D eigenvalue weighted by Crippen LogP contribution is -2.26. The second-order valence-electron chi connectivity index (χ2n) is 3.04. The summed E-state index contributed by atoms with van der Waals surface area (Å²) in [5.41, 5.74) is 0. The molecule has 1 unspecified atom stereocenters. The molecule has 1 aliphatic rings. The molecule has 0 aromatic carbocycles. The van der Waals surface area contributed by atoms with Crippen molar-refractivity contribution < 1.29 is 18.4 Å². The Morgan fingerprint density at radius 1 is 1.67 bits per heavy atom. The normalized spacial score (nSPS) is 25.0. The highest BCUT2D eigenvalue weighted by molar-refractivity contribution is 7.90. The van der Waals surface area contributed by atoms with E-state index in [1.54, 1.807) is 0 Å². The van der Waals surface area contributed by atoms with Crippen LogP contribution < -0.4 is 0 Å². The molecular weight excluding hydrogens is 182 g/mol. The third kappa shape index (κ3) is 2.18. The minimum absolute atomic E-state index is 0.164. The van der Waals surface area contributed by atoms with Crippen LogP contribution in [-0.4, -0.2) is 43.1 Å². The van der Waals surface area contributed by atoms with Crippen molar-refractivity contribution in [3.63, 3.8) is 0 Å². The fourth-order valence-corrected chi connectivity index (χ4v) is 2.28. The fraction of sp³-hybridized carbons (Fsp3) is 0.833. The van der Waals surface area contributed by atoms with Crippen LogP contribution in [0, 0.1) is 5.92 Å². The number of carbonyl (C=O) groups excluding carboxylic acids is 1. The number of amides is 1. The highest BCUT2D eigenvalue weighted by Gasteiger charge is 2.32. The number of sulfone groups is 1. The van der Waals surface area contributed by atoms with Gasteiger partial charge in [0.25, 0.3) is 0 Å². The molecule has 1 saturated heterocycles. The lowest BCUT2D eigenvalue weighted by Gasteiger charge is -2.06. The Morgan fingerprint density at radius 3 is 2.58 bits per heavy atom. The minimum atomic E-state index is -3.12. The van der Waals surface area contributed by atoms with Crippen molar-refractivity contribution in [2.45, 2.75) is 6.42 Å². The first-order valence-electron chi connectivity index (χ1n) is 3.58. The number of hydrogen-bond acceptors (Lipinski definition) is 4. The largest absolute Gasteiger partial charge is 0.286 e. The van der Waals surface area contributed by atoms with E-state index in [0.29, 0.717) is 11.5 Å². The molecule has 0 saturated carbocycles. The van der Waals surface area contributed by atoms with Gasteiger partial charge in [0.2, 0.25) is 5.91 Å². The number of rotatable bonds is 2. The molecule has 0 bridgehead atoms. The van der Waals surface area contributed by atoms with Crippen molar-refractivity contribution in [1.82, 2.24) is 5.06 Å². The minimum Gasteiger partial charge on any atom is -0.286 e. The van der Waals surface area contributed by atoms with Crippen LogP contribution in [0.1, 0.15) is 6.42 Å². The van der Waals surface area contributed by atoms with Gasteiger partial charge < -0.3 is 0 Å². The molecule has 0 aromatic heterocycles. The Balaban J connectivity index is 2.62. The van der Waals surface area contributed by atoms with Crippen molar-refractivity contribution in [3.8, 4) is 0 Å². The van der Waals surface area contributed by atoms with Gasteiger partial charge in [-0.2, -0.15) is 0 Å². The Kier molecular flexibility index (Phi) is 2.39. The predicted octanol–water partition coefficient (Wildman–Crippen LogP) is -0.731. The number of nitrogens with zero attached hydrogens (tertiary/aromatic N) is 1. The molecule has 1 fully saturated rings. The number of hydroxylamine groups is 2. The average molecular weight is 193 g/mol. The van der Waals surface area contributed by atoms with E-state index in [1.165, 1.54) is 0 Å². The first-order chi connectivity index (χ1) is 5.40. The van der Waals surface area contributed by atoms with Crippen LogP contribution in [0.2, 0.25) is 0 Å². The summed E-state index contributed by atoms with van der Waals surface area (Å²) in [6.07, 6.45) is 1.50. The summed E-state index contributed by atoms with van der Waals surface area (Å²) in [6, 6.07) is 0. The maximum atomic E-state index is 11.0. The quantitative estimate of drug-likeness (QED) is 0.587. The molecule has 1 atom stereocenters. The first-order valence-corrected chi connectivity index (χ1v) is 5.64. The van der Waals surface area contributed by atoms with E-state index < -0.39 is 21.7 Å². The topological polar surface area (TPSA) is 74.7 Å². The third-order valence-corrected chi connectivity index (χ3v) is 2.80. The van der Waals surface area contributed by atoms with Crippen LogP contribution in [0.4, 0.5) is 0 Å². The molecule has 70 valence electrons. The van der Waals surface area contributed by atoms with E-state index in [2.05, 4.69) is 0 Å². The zero-order chi connectivity index (χ0) is 9.35. The third-order valence-electron chi connectivity index (χ3n) is 1.80. The average Bonchev–Trinajstić information content (AvgIpc) is 2.16. The summed E-state index contributed by atoms with van der Waals surface area (Å²) in [4.78, 5) is 11.0. The Hall–Kier alpha value is -0.620. The van der Waals surface area contributed by atoms with Crippen molar-refractivity contribution >= 4 is 15.7 Å². The molecule has 1 amide bonds. The van der Waals surface area contributed by atoms with Crippen molar-refractivity contribution in [3.05, 3.63) is 0 Å². The lowest BCUT2D eigenvalue weighted by atomic mass is 10.1. The van der Waals surface area contributed by atoms with Crippen LogP contribution in [0.3, 0.4) is 0 Å². The summed E-state index contributed by atoms with van der Waals surface area (Å²) in [7, 11) is -3.12. The highest BCUT2D eigenvalue weighted by Crippen LogP contribution is 2.17. The van der Waals surface area contributed by atoms with Crippen LogP contribution in [-0.2, 0) is 14.6 Å². The zero-order valence-corrected chi connectivity index (χ0v) is 7.54. The van der Waals surface area contributed by atoms with Gasteiger partial charge in [0, 0.05) is 12.8 Å². The van der Waals surface area contributed by atoms with Crippen LogP contribution in [0.25, 0.3) is 0 Å². The Labute approximate surface area is 70.9 Å². The van der Waals surface area contributed by atoms with Gasteiger partial charge in [0.15, 0.2) is 0 Å². The maximum absolute atomic E-state index is 11.0. The summed E-state index contributed by atoms with van der Waals surface area (Å²) in [5.74, 6) is -1.20. The first kappa shape index (κ1) is 9.47. The van der Waals surface area contributed by atoms with E-state index >= 15 is 0 Å². The summed E-state index contributed by atoms with van der Waals surface area (Å²) >= 11 is 0. The molecule has 0 spiro atoms. The van der Waals surface area contributed by atoms with E-state index in [9.17, 15) is 13.2 Å². The Morgan fingerprint density at radius 2 is 2.25 bits per heavy atom. The standard InChI is InChI=1S/C6H11NO4S/c1-12(10,11)4-5-2-3-7(9)6(5)8/h5,9H,2-4H2,1H3. The van der Waals surface area contributed by atoms with Gasteiger partial charge in [0.1, 0.15) is 9.84 Å². The smallest absolute Gasteiger partial charge is 0.250 e. The second kappa shape index (κ2) is 3.02. The van der Waals surface area contributed by atoms with Gasteiger partial charge in [-0.15, -0.1) is 0 Å². The second-order valence-corrected chi connectivity index (χ2v) is 5.22. The van der Waals surface area contributed by atoms with Crippen LogP contribution >= 0.6 is 0 Å². The van der Waals surface area contributed by atoms with Gasteiger partial charge >= 0.3 is 0 Å². The van der Waals surface area contributed by atoms with E-state index in [1.807, 2.05) is 0 Å². The summed E-state index contributed by atoms with van der Waals surface area (Å²) in [6.45, 7) is 0.235. The van der Waals surface area contributed by atoms with E-state index in [0.717, 1.165) is 6.26 Å². The van der Waals surface area contributed by atoms with Crippen LogP contribution in [0.5, 0.6) is 0 Å². The molecule has 6 heteroatoms. The van der Waals surface area contributed by atoms with Gasteiger partial charge in [0.05, 0.1) is 11.7 Å². The summed E-state index contributed by atoms with van der Waals surface area (Å²) in [5, 5.41) is 9.43. The SMILES string of the molecule is CS(=O)(=O)CC1CCN(O)C1=O. The van der Waals surface area contributed by atoms with Crippen molar-refractivity contribution in [1.29, 1.82) is 0 Å². The van der Waals surface area contributed by atoms with Gasteiger partial charge in [-0.3, -0.25) is 10.0 Å².